The van der Waals surface area contributed by atoms with E-state index in [1.807, 2.05) is 18.2 Å². The van der Waals surface area contributed by atoms with E-state index < -0.39 is 11.9 Å². The second-order valence-corrected chi connectivity index (χ2v) is 7.86. The van der Waals surface area contributed by atoms with Crippen LogP contribution >= 0.6 is 0 Å². The van der Waals surface area contributed by atoms with E-state index in [1.165, 1.54) is 0 Å². The summed E-state index contributed by atoms with van der Waals surface area (Å²) in [6.45, 7) is 4.02. The Bertz CT molecular complexity index is 1070. The first kappa shape index (κ1) is 21.4. The van der Waals surface area contributed by atoms with Crippen molar-refractivity contribution in [3.8, 4) is 11.5 Å². The van der Waals surface area contributed by atoms with Crippen molar-refractivity contribution in [2.75, 3.05) is 27.3 Å². The molecule has 2 aromatic heterocycles. The van der Waals surface area contributed by atoms with Crippen LogP contribution in [0.15, 0.2) is 30.3 Å². The molecule has 0 radical (unpaired) electrons. The zero-order chi connectivity index (χ0) is 22.2. The molecule has 1 fully saturated rings. The normalized spacial score (nSPS) is 16.1. The van der Waals surface area contributed by atoms with E-state index in [2.05, 4.69) is 15.0 Å². The second kappa shape index (κ2) is 8.37. The Kier molecular flexibility index (Phi) is 5.79. The monoisotopic (exact) mass is 434 g/mol. The van der Waals surface area contributed by atoms with Gasteiger partial charge in [0.2, 0.25) is 0 Å². The van der Waals surface area contributed by atoms with Gasteiger partial charge in [-0.1, -0.05) is 6.07 Å². The highest BCUT2D eigenvalue weighted by Gasteiger charge is 2.35. The van der Waals surface area contributed by atoms with Crippen LogP contribution in [0, 0.1) is 6.92 Å². The Morgan fingerprint density at radius 3 is 2.39 bits per heavy atom. The fraction of sp³-hybridized carbons (Fsp3) is 0.455. The number of piperidine rings is 1. The molecular weight excluding hydrogens is 409 g/mol. The fourth-order valence-corrected chi connectivity index (χ4v) is 4.14. The molecule has 0 atom stereocenters. The Morgan fingerprint density at radius 1 is 1.03 bits per heavy atom. The van der Waals surface area contributed by atoms with Crippen molar-refractivity contribution in [1.82, 2.24) is 19.5 Å². The van der Waals surface area contributed by atoms with Gasteiger partial charge in [-0.2, -0.15) is 18.3 Å². The van der Waals surface area contributed by atoms with E-state index in [-0.39, 0.29) is 11.6 Å². The van der Waals surface area contributed by atoms with E-state index in [1.54, 1.807) is 27.2 Å². The summed E-state index contributed by atoms with van der Waals surface area (Å²) < 4.78 is 51.8. The molecule has 4 rings (SSSR count). The minimum atomic E-state index is -4.47. The average Bonchev–Trinajstić information content (AvgIpc) is 3.16. The minimum absolute atomic E-state index is 0.116. The van der Waals surface area contributed by atoms with Gasteiger partial charge in [-0.05, 0) is 56.6 Å². The van der Waals surface area contributed by atoms with Gasteiger partial charge in [-0.15, -0.1) is 0 Å². The summed E-state index contributed by atoms with van der Waals surface area (Å²) in [7, 11) is 3.22. The maximum atomic E-state index is 13.4. The van der Waals surface area contributed by atoms with E-state index in [4.69, 9.17) is 9.47 Å². The lowest BCUT2D eigenvalue weighted by Crippen LogP contribution is -2.32. The molecule has 1 saturated heterocycles. The molecule has 0 spiro atoms. The molecule has 31 heavy (non-hydrogen) atoms. The predicted octanol–water partition coefficient (Wildman–Crippen LogP) is 4.45. The predicted molar refractivity (Wildman–Crippen MR) is 110 cm³/mol. The first-order valence-electron chi connectivity index (χ1n) is 10.2. The number of aromatic nitrogens is 3. The molecular formula is C22H25F3N4O2. The smallest absolute Gasteiger partial charge is 0.433 e. The number of ether oxygens (including phenoxy) is 2. The number of fused-ring (bicyclic) bond motifs is 1. The molecule has 6 nitrogen and oxygen atoms in total. The molecule has 1 aliphatic heterocycles. The van der Waals surface area contributed by atoms with Gasteiger partial charge in [-0.3, -0.25) is 4.90 Å². The van der Waals surface area contributed by atoms with Crippen LogP contribution in [0.3, 0.4) is 0 Å². The zero-order valence-corrected chi connectivity index (χ0v) is 17.7. The van der Waals surface area contributed by atoms with Gasteiger partial charge in [0, 0.05) is 24.2 Å². The molecule has 0 aliphatic carbocycles. The number of benzene rings is 1. The van der Waals surface area contributed by atoms with Crippen molar-refractivity contribution in [1.29, 1.82) is 0 Å². The van der Waals surface area contributed by atoms with Gasteiger partial charge in [-0.25, -0.2) is 9.50 Å². The highest BCUT2D eigenvalue weighted by molar-refractivity contribution is 5.44. The van der Waals surface area contributed by atoms with Crippen LogP contribution < -0.4 is 9.47 Å². The number of alkyl halides is 3. The number of nitrogens with zero attached hydrogens (tertiary/aromatic N) is 4. The number of hydrogen-bond donors (Lipinski definition) is 0. The SMILES string of the molecule is COc1ccc(CN2CCC(c3cc4nc(C)cc(C(F)(F)F)n4n3)CC2)cc1OC. The van der Waals surface area contributed by atoms with Gasteiger partial charge < -0.3 is 9.47 Å². The van der Waals surface area contributed by atoms with Crippen LogP contribution in [0.25, 0.3) is 5.65 Å². The first-order valence-corrected chi connectivity index (χ1v) is 10.2. The number of methoxy groups -OCH3 is 2. The highest BCUT2D eigenvalue weighted by Crippen LogP contribution is 2.33. The number of rotatable bonds is 5. The van der Waals surface area contributed by atoms with Gasteiger partial charge in [0.15, 0.2) is 17.1 Å². The van der Waals surface area contributed by atoms with Gasteiger partial charge in [0.25, 0.3) is 0 Å². The third kappa shape index (κ3) is 4.46. The molecule has 3 aromatic rings. The molecule has 9 heteroatoms. The van der Waals surface area contributed by atoms with E-state index >= 15 is 0 Å². The third-order valence-electron chi connectivity index (χ3n) is 5.72. The minimum Gasteiger partial charge on any atom is -0.493 e. The number of likely N-dealkylation sites (tertiary alicyclic amines) is 1. The lowest BCUT2D eigenvalue weighted by molar-refractivity contribution is -0.142. The largest absolute Gasteiger partial charge is 0.493 e. The molecule has 0 saturated carbocycles. The summed E-state index contributed by atoms with van der Waals surface area (Å²) in [5, 5.41) is 4.28. The summed E-state index contributed by atoms with van der Waals surface area (Å²) in [6.07, 6.45) is -2.81. The van der Waals surface area contributed by atoms with Crippen molar-refractivity contribution in [2.45, 2.75) is 38.4 Å². The standard InChI is InChI=1S/C22H25F3N4O2/c1-14-10-20(22(23,24)25)29-21(26-14)12-17(27-29)16-6-8-28(9-7-16)13-15-4-5-18(30-2)19(11-15)31-3/h4-5,10-12,16H,6-9,13H2,1-3H3. The maximum absolute atomic E-state index is 13.4. The maximum Gasteiger partial charge on any atom is 0.433 e. The average molecular weight is 434 g/mol. The quantitative estimate of drug-likeness (QED) is 0.594. The number of hydrogen-bond acceptors (Lipinski definition) is 5. The van der Waals surface area contributed by atoms with Crippen LogP contribution in [0.2, 0.25) is 0 Å². The lowest BCUT2D eigenvalue weighted by Gasteiger charge is -2.31. The Labute approximate surface area is 178 Å². The van der Waals surface area contributed by atoms with Gasteiger partial charge in [0.05, 0.1) is 19.9 Å². The number of halogens is 3. The van der Waals surface area contributed by atoms with Crippen molar-refractivity contribution in [3.05, 3.63) is 53.0 Å². The molecule has 0 amide bonds. The van der Waals surface area contributed by atoms with Crippen LogP contribution in [0.1, 0.15) is 41.4 Å². The Morgan fingerprint density at radius 2 is 1.74 bits per heavy atom. The van der Waals surface area contributed by atoms with Crippen LogP contribution in [-0.2, 0) is 12.7 Å². The van der Waals surface area contributed by atoms with E-state index in [0.29, 0.717) is 22.9 Å². The third-order valence-corrected chi connectivity index (χ3v) is 5.72. The van der Waals surface area contributed by atoms with Crippen LogP contribution in [0.4, 0.5) is 13.2 Å². The van der Waals surface area contributed by atoms with Crippen molar-refractivity contribution < 1.29 is 22.6 Å². The van der Waals surface area contributed by atoms with E-state index in [9.17, 15) is 13.2 Å². The topological polar surface area (TPSA) is 51.9 Å². The highest BCUT2D eigenvalue weighted by atomic mass is 19.4. The summed E-state index contributed by atoms with van der Waals surface area (Å²) in [5.41, 5.74) is 1.59. The van der Waals surface area contributed by atoms with Crippen LogP contribution in [-0.4, -0.2) is 46.8 Å². The molecule has 0 unspecified atom stereocenters. The van der Waals surface area contributed by atoms with Crippen molar-refractivity contribution in [3.63, 3.8) is 0 Å². The summed E-state index contributed by atoms with van der Waals surface area (Å²) in [4.78, 5) is 6.56. The molecule has 1 aliphatic rings. The lowest BCUT2D eigenvalue weighted by atomic mass is 9.93. The first-order chi connectivity index (χ1) is 14.8. The summed E-state index contributed by atoms with van der Waals surface area (Å²) in [6, 6.07) is 8.61. The van der Waals surface area contributed by atoms with Crippen LogP contribution in [0.5, 0.6) is 11.5 Å². The summed E-state index contributed by atoms with van der Waals surface area (Å²) >= 11 is 0. The molecule has 1 aromatic carbocycles. The Balaban J connectivity index is 1.46. The number of aryl methyl sites for hydroxylation is 1. The molecule has 3 heterocycles. The second-order valence-electron chi connectivity index (χ2n) is 7.86. The van der Waals surface area contributed by atoms with Gasteiger partial charge in [0.1, 0.15) is 5.69 Å². The van der Waals surface area contributed by atoms with E-state index in [0.717, 1.165) is 48.6 Å². The fourth-order valence-electron chi connectivity index (χ4n) is 4.14. The van der Waals surface area contributed by atoms with Gasteiger partial charge >= 0.3 is 6.18 Å². The zero-order valence-electron chi connectivity index (χ0n) is 17.7. The molecule has 0 bridgehead atoms. The van der Waals surface area contributed by atoms with Crippen molar-refractivity contribution in [2.24, 2.45) is 0 Å². The summed E-state index contributed by atoms with van der Waals surface area (Å²) in [5.74, 6) is 1.51. The molecule has 166 valence electrons. The Hall–Kier alpha value is -2.81. The van der Waals surface area contributed by atoms with Crippen molar-refractivity contribution >= 4 is 5.65 Å². The molecule has 0 N–H and O–H groups in total.